The van der Waals surface area contributed by atoms with E-state index < -0.39 is 16.0 Å². The quantitative estimate of drug-likeness (QED) is 0.416. The van der Waals surface area contributed by atoms with Crippen LogP contribution in [-0.4, -0.2) is 27.5 Å². The molecule has 0 aliphatic rings. The molecule has 28 heavy (non-hydrogen) atoms. The van der Waals surface area contributed by atoms with Crippen LogP contribution < -0.4 is 4.31 Å². The third kappa shape index (κ3) is 5.58. The lowest BCUT2D eigenvalue weighted by atomic mass is 10.2. The highest BCUT2D eigenvalue weighted by atomic mass is 32.2. The van der Waals surface area contributed by atoms with Crippen LogP contribution in [0.25, 0.3) is 0 Å². The number of benzene rings is 2. The van der Waals surface area contributed by atoms with Crippen molar-refractivity contribution >= 4 is 21.7 Å². The van der Waals surface area contributed by atoms with Crippen LogP contribution in [0, 0.1) is 6.92 Å². The fourth-order valence-electron chi connectivity index (χ4n) is 2.89. The van der Waals surface area contributed by atoms with Gasteiger partial charge < -0.3 is 4.74 Å². The van der Waals surface area contributed by atoms with Gasteiger partial charge in [-0.25, -0.2) is 13.2 Å². The SMILES string of the molecule is CCCCCCN(c1ccc(C(=O)OCC)cc1)S(=O)(=O)c1ccc(C)cc1. The van der Waals surface area contributed by atoms with Gasteiger partial charge in [-0.2, -0.15) is 0 Å². The van der Waals surface area contributed by atoms with Crippen LogP contribution in [0.3, 0.4) is 0 Å². The Morgan fingerprint density at radius 3 is 2.14 bits per heavy atom. The summed E-state index contributed by atoms with van der Waals surface area (Å²) in [5, 5.41) is 0. The molecule has 0 atom stereocenters. The molecule has 152 valence electrons. The average molecular weight is 404 g/mol. The number of unbranched alkanes of at least 4 members (excludes halogenated alkanes) is 3. The summed E-state index contributed by atoms with van der Waals surface area (Å²) in [6, 6.07) is 13.4. The van der Waals surface area contributed by atoms with E-state index in [1.807, 2.05) is 6.92 Å². The molecule has 0 amide bonds. The van der Waals surface area contributed by atoms with E-state index in [0.29, 0.717) is 24.4 Å². The minimum atomic E-state index is -3.68. The summed E-state index contributed by atoms with van der Waals surface area (Å²) in [4.78, 5) is 12.1. The maximum atomic E-state index is 13.3. The highest BCUT2D eigenvalue weighted by Crippen LogP contribution is 2.25. The average Bonchev–Trinajstić information content (AvgIpc) is 2.68. The minimum Gasteiger partial charge on any atom is -0.462 e. The first kappa shape index (κ1) is 22.0. The van der Waals surface area contributed by atoms with Crippen LogP contribution in [0.4, 0.5) is 5.69 Å². The summed E-state index contributed by atoms with van der Waals surface area (Å²) in [5.74, 6) is -0.412. The van der Waals surface area contributed by atoms with Crippen LogP contribution in [0.2, 0.25) is 0 Å². The van der Waals surface area contributed by atoms with Crippen molar-refractivity contribution in [2.24, 2.45) is 0 Å². The van der Waals surface area contributed by atoms with Crippen molar-refractivity contribution < 1.29 is 17.9 Å². The van der Waals surface area contributed by atoms with Crippen molar-refractivity contribution in [2.45, 2.75) is 51.3 Å². The minimum absolute atomic E-state index is 0.267. The smallest absolute Gasteiger partial charge is 0.338 e. The van der Waals surface area contributed by atoms with Crippen LogP contribution >= 0.6 is 0 Å². The Labute approximate surface area is 168 Å². The first-order valence-corrected chi connectivity index (χ1v) is 11.2. The summed E-state index contributed by atoms with van der Waals surface area (Å²) in [6.45, 7) is 6.49. The summed E-state index contributed by atoms with van der Waals surface area (Å²) >= 11 is 0. The van der Waals surface area contributed by atoms with Gasteiger partial charge in [0.15, 0.2) is 0 Å². The van der Waals surface area contributed by atoms with Crippen molar-refractivity contribution in [3.05, 3.63) is 59.7 Å². The number of sulfonamides is 1. The molecule has 0 unspecified atom stereocenters. The Morgan fingerprint density at radius 2 is 1.57 bits per heavy atom. The van der Waals surface area contributed by atoms with Gasteiger partial charge in [-0.15, -0.1) is 0 Å². The fourth-order valence-corrected chi connectivity index (χ4v) is 4.39. The summed E-state index contributed by atoms with van der Waals surface area (Å²) < 4.78 is 33.0. The number of nitrogens with zero attached hydrogens (tertiary/aromatic N) is 1. The molecule has 2 rings (SSSR count). The second-order valence-electron chi connectivity index (χ2n) is 6.72. The van der Waals surface area contributed by atoms with E-state index in [9.17, 15) is 13.2 Å². The largest absolute Gasteiger partial charge is 0.462 e. The molecule has 2 aromatic carbocycles. The molecule has 0 spiro atoms. The van der Waals surface area contributed by atoms with Crippen LogP contribution in [0.1, 0.15) is 55.5 Å². The molecule has 0 N–H and O–H groups in total. The zero-order valence-corrected chi connectivity index (χ0v) is 17.7. The fraction of sp³-hybridized carbons (Fsp3) is 0.409. The summed E-state index contributed by atoms with van der Waals surface area (Å²) in [7, 11) is -3.68. The predicted octanol–water partition coefficient (Wildman–Crippen LogP) is 4.95. The molecule has 0 aromatic heterocycles. The lowest BCUT2D eigenvalue weighted by molar-refractivity contribution is 0.0526. The molecular weight excluding hydrogens is 374 g/mol. The highest BCUT2D eigenvalue weighted by Gasteiger charge is 2.24. The van der Waals surface area contributed by atoms with Gasteiger partial charge >= 0.3 is 5.97 Å². The molecule has 0 aliphatic carbocycles. The number of aryl methyl sites for hydroxylation is 1. The Kier molecular flexibility index (Phi) is 8.05. The molecule has 0 saturated heterocycles. The van der Waals surface area contributed by atoms with Crippen LogP contribution in [-0.2, 0) is 14.8 Å². The molecule has 0 heterocycles. The van der Waals surface area contributed by atoms with Crippen molar-refractivity contribution in [3.8, 4) is 0 Å². The van der Waals surface area contributed by atoms with Gasteiger partial charge in [-0.3, -0.25) is 4.31 Å². The number of anilines is 1. The van der Waals surface area contributed by atoms with Crippen molar-refractivity contribution in [3.63, 3.8) is 0 Å². The van der Waals surface area contributed by atoms with Crippen molar-refractivity contribution in [2.75, 3.05) is 17.5 Å². The lowest BCUT2D eigenvalue weighted by Crippen LogP contribution is -2.32. The molecular formula is C22H29NO4S. The van der Waals surface area contributed by atoms with E-state index in [0.717, 1.165) is 31.2 Å². The standard InChI is InChI=1S/C22H29NO4S/c1-4-6-7-8-17-23(28(25,26)21-15-9-18(3)10-16-21)20-13-11-19(12-14-20)22(24)27-5-2/h9-16H,4-8,17H2,1-3H3. The second-order valence-corrected chi connectivity index (χ2v) is 8.58. The first-order valence-electron chi connectivity index (χ1n) is 9.76. The first-order chi connectivity index (χ1) is 13.4. The zero-order chi connectivity index (χ0) is 20.6. The van der Waals surface area contributed by atoms with E-state index in [4.69, 9.17) is 4.74 Å². The van der Waals surface area contributed by atoms with Gasteiger partial charge in [0.05, 0.1) is 22.8 Å². The van der Waals surface area contributed by atoms with Gasteiger partial charge in [-0.05, 0) is 56.7 Å². The molecule has 0 radical (unpaired) electrons. The van der Waals surface area contributed by atoms with Gasteiger partial charge in [-0.1, -0.05) is 43.9 Å². The van der Waals surface area contributed by atoms with E-state index in [2.05, 4.69) is 6.92 Å². The summed E-state index contributed by atoms with van der Waals surface area (Å²) in [6.07, 6.45) is 3.90. The number of carbonyl (C=O) groups is 1. The Bertz CT molecular complexity index is 858. The zero-order valence-electron chi connectivity index (χ0n) is 16.8. The molecule has 2 aromatic rings. The third-order valence-corrected chi connectivity index (χ3v) is 6.33. The molecule has 6 heteroatoms. The van der Waals surface area contributed by atoms with E-state index in [1.54, 1.807) is 55.5 Å². The maximum Gasteiger partial charge on any atom is 0.338 e. The van der Waals surface area contributed by atoms with Gasteiger partial charge in [0.25, 0.3) is 10.0 Å². The van der Waals surface area contributed by atoms with E-state index >= 15 is 0 Å². The van der Waals surface area contributed by atoms with Gasteiger partial charge in [0.1, 0.15) is 0 Å². The molecule has 0 aliphatic heterocycles. The van der Waals surface area contributed by atoms with E-state index in [1.165, 1.54) is 4.31 Å². The number of rotatable bonds is 10. The monoisotopic (exact) mass is 403 g/mol. The summed E-state index contributed by atoms with van der Waals surface area (Å²) in [5.41, 5.74) is 1.96. The number of hydrogen-bond acceptors (Lipinski definition) is 4. The maximum absolute atomic E-state index is 13.3. The molecule has 5 nitrogen and oxygen atoms in total. The van der Waals surface area contributed by atoms with Crippen molar-refractivity contribution in [1.82, 2.24) is 0 Å². The number of hydrogen-bond donors (Lipinski definition) is 0. The molecule has 0 bridgehead atoms. The van der Waals surface area contributed by atoms with Crippen molar-refractivity contribution in [1.29, 1.82) is 0 Å². The Morgan fingerprint density at radius 1 is 0.929 bits per heavy atom. The van der Waals surface area contributed by atoms with Crippen LogP contribution in [0.5, 0.6) is 0 Å². The number of ether oxygens (including phenoxy) is 1. The third-order valence-electron chi connectivity index (χ3n) is 4.49. The predicted molar refractivity (Wildman–Crippen MR) is 112 cm³/mol. The highest BCUT2D eigenvalue weighted by molar-refractivity contribution is 7.92. The second kappa shape index (κ2) is 10.3. The van der Waals surface area contributed by atoms with Gasteiger partial charge in [0, 0.05) is 6.54 Å². The van der Waals surface area contributed by atoms with E-state index in [-0.39, 0.29) is 4.90 Å². The molecule has 0 fully saturated rings. The molecule has 0 saturated carbocycles. The number of esters is 1. The van der Waals surface area contributed by atoms with Crippen LogP contribution in [0.15, 0.2) is 53.4 Å². The normalized spacial score (nSPS) is 11.2. The van der Waals surface area contributed by atoms with Gasteiger partial charge in [0.2, 0.25) is 0 Å². The Hall–Kier alpha value is -2.34. The lowest BCUT2D eigenvalue weighted by Gasteiger charge is -2.25. The topological polar surface area (TPSA) is 63.7 Å². The Balaban J connectivity index is 2.33. The number of carbonyl (C=O) groups excluding carboxylic acids is 1.